The minimum atomic E-state index is -1.51. The molecule has 3 fully saturated rings. The van der Waals surface area contributed by atoms with E-state index in [-0.39, 0.29) is 63.4 Å². The van der Waals surface area contributed by atoms with E-state index >= 15 is 0 Å². The quantitative estimate of drug-likeness (QED) is 0.0523. The van der Waals surface area contributed by atoms with Crippen LogP contribution in [-0.2, 0) is 42.8 Å². The van der Waals surface area contributed by atoms with Crippen molar-refractivity contribution in [1.29, 1.82) is 0 Å². The molecule has 9 unspecified atom stereocenters. The fourth-order valence-electron chi connectivity index (χ4n) is 7.52. The summed E-state index contributed by atoms with van der Waals surface area (Å²) in [4.78, 5) is 38.5. The highest BCUT2D eigenvalue weighted by Crippen LogP contribution is 2.33. The van der Waals surface area contributed by atoms with E-state index < -0.39 is 98.0 Å². The molecule has 14 atom stereocenters. The summed E-state index contributed by atoms with van der Waals surface area (Å²) in [7, 11) is 0. The van der Waals surface area contributed by atoms with Crippen LogP contribution in [0, 0.1) is 30.1 Å². The van der Waals surface area contributed by atoms with Crippen LogP contribution in [0.2, 0.25) is 0 Å². The Kier molecular flexibility index (Phi) is 20.2. The third-order valence-corrected chi connectivity index (χ3v) is 10.7. The fraction of sp³-hybridized carbons (Fsp3) is 0.868. The largest absolute Gasteiger partial charge is 0.479 e. The first-order valence-corrected chi connectivity index (χ1v) is 19.6. The number of terminal acetylenes is 1. The maximum atomic E-state index is 13.6. The van der Waals surface area contributed by atoms with E-state index in [2.05, 4.69) is 16.6 Å². The number of hydrogen-bond donors (Lipinski definition) is 8. The van der Waals surface area contributed by atoms with E-state index in [0.29, 0.717) is 6.42 Å². The molecule has 17 heteroatoms. The van der Waals surface area contributed by atoms with Crippen LogP contribution >= 0.6 is 0 Å². The molecule has 0 bridgehead atoms. The Labute approximate surface area is 323 Å². The second-order valence-corrected chi connectivity index (χ2v) is 15.1. The van der Waals surface area contributed by atoms with E-state index in [0.717, 1.165) is 32.1 Å². The summed E-state index contributed by atoms with van der Waals surface area (Å²) in [5, 5.41) is 67.8. The topological polar surface area (TPSA) is 252 Å². The Morgan fingerprint density at radius 1 is 0.964 bits per heavy atom. The van der Waals surface area contributed by atoms with Crippen molar-refractivity contribution in [3.05, 3.63) is 0 Å². The van der Waals surface area contributed by atoms with Gasteiger partial charge in [-0.1, -0.05) is 51.4 Å². The van der Waals surface area contributed by atoms with E-state index in [1.165, 1.54) is 6.92 Å². The third-order valence-electron chi connectivity index (χ3n) is 10.7. The Morgan fingerprint density at radius 2 is 1.67 bits per heavy atom. The minimum absolute atomic E-state index is 0.0507. The van der Waals surface area contributed by atoms with Crippen LogP contribution in [0.15, 0.2) is 0 Å². The second kappa shape index (κ2) is 23.7. The summed E-state index contributed by atoms with van der Waals surface area (Å²) >= 11 is 0. The highest BCUT2D eigenvalue weighted by molar-refractivity contribution is 5.78. The summed E-state index contributed by atoms with van der Waals surface area (Å²) in [5.74, 6) is -0.481. The number of aliphatic carboxylic acids is 1. The molecule has 2 heterocycles. The molecular weight excluding hydrogens is 724 g/mol. The van der Waals surface area contributed by atoms with Crippen molar-refractivity contribution in [2.45, 2.75) is 159 Å². The molecule has 55 heavy (non-hydrogen) atoms. The lowest BCUT2D eigenvalue weighted by Crippen LogP contribution is -2.66. The van der Waals surface area contributed by atoms with Crippen molar-refractivity contribution in [2.75, 3.05) is 33.0 Å². The molecule has 0 aromatic carbocycles. The number of aliphatic hydroxyl groups excluding tert-OH is 5. The zero-order valence-corrected chi connectivity index (χ0v) is 32.5. The van der Waals surface area contributed by atoms with Gasteiger partial charge < -0.3 is 69.7 Å². The van der Waals surface area contributed by atoms with Crippen molar-refractivity contribution in [2.24, 2.45) is 17.8 Å². The zero-order chi connectivity index (χ0) is 40.7. The van der Waals surface area contributed by atoms with Crippen LogP contribution in [-0.4, -0.2) is 155 Å². The number of carbonyl (C=O) groups excluding carboxylic acids is 2. The van der Waals surface area contributed by atoms with Crippen molar-refractivity contribution in [3.8, 4) is 12.3 Å². The van der Waals surface area contributed by atoms with Gasteiger partial charge in [0.05, 0.1) is 32.0 Å². The molecule has 8 N–H and O–H groups in total. The van der Waals surface area contributed by atoms with Crippen molar-refractivity contribution < 1.29 is 73.4 Å². The van der Waals surface area contributed by atoms with Crippen LogP contribution in [0.3, 0.4) is 0 Å². The molecule has 2 amide bonds. The van der Waals surface area contributed by atoms with Gasteiger partial charge in [0, 0.05) is 19.4 Å². The standard InChI is InChI=1S/C38H64N2O15/c1-6-14-50-15-13-39-35(47)26(17-24(7-2)20-51-38-33(46)32(45)30(43)22(4)53-38)16-21(3)52-37-29(40-23(5)42)34(31(44)28(19-41)55-37)54-27(36(48)49)18-25-11-9-8-10-12-25/h1,21-22,24-34,37-38,41,43-46H,7-20H2,2-5H3,(H,39,47)(H,40,42)(H,48,49)/t21-,22?,24+,26?,27-,28-,29?,30?,31?,32?,33?,34?,37+,38?/m0/s1. The van der Waals surface area contributed by atoms with Gasteiger partial charge in [0.15, 0.2) is 18.7 Å². The summed E-state index contributed by atoms with van der Waals surface area (Å²) in [6.45, 7) is 6.24. The number of carboxylic acids is 1. The number of rotatable bonds is 22. The van der Waals surface area contributed by atoms with E-state index in [4.69, 9.17) is 34.8 Å². The third kappa shape index (κ3) is 14.5. The Morgan fingerprint density at radius 3 is 2.29 bits per heavy atom. The minimum Gasteiger partial charge on any atom is -0.479 e. The highest BCUT2D eigenvalue weighted by Gasteiger charge is 2.49. The predicted octanol–water partition coefficient (Wildman–Crippen LogP) is -0.184. The first-order chi connectivity index (χ1) is 26.2. The van der Waals surface area contributed by atoms with Gasteiger partial charge in [0.25, 0.3) is 0 Å². The molecule has 0 radical (unpaired) electrons. The number of ether oxygens (including phenoxy) is 6. The van der Waals surface area contributed by atoms with Crippen LogP contribution in [0.1, 0.15) is 85.5 Å². The van der Waals surface area contributed by atoms with E-state index in [9.17, 15) is 45.0 Å². The molecule has 3 rings (SSSR count). The van der Waals surface area contributed by atoms with E-state index in [1.54, 1.807) is 13.8 Å². The monoisotopic (exact) mass is 788 g/mol. The normalized spacial score (nSPS) is 32.4. The Hall–Kier alpha value is -2.47. The fourth-order valence-corrected chi connectivity index (χ4v) is 7.52. The lowest BCUT2D eigenvalue weighted by atomic mass is 9.85. The highest BCUT2D eigenvalue weighted by atomic mass is 16.7. The van der Waals surface area contributed by atoms with E-state index in [1.807, 2.05) is 6.92 Å². The molecule has 3 aliphatic rings. The lowest BCUT2D eigenvalue weighted by molar-refractivity contribution is -0.296. The maximum absolute atomic E-state index is 13.6. The number of hydrogen-bond acceptors (Lipinski definition) is 14. The van der Waals surface area contributed by atoms with Crippen molar-refractivity contribution in [3.63, 3.8) is 0 Å². The lowest BCUT2D eigenvalue weighted by Gasteiger charge is -2.45. The van der Waals surface area contributed by atoms with Gasteiger partial charge in [-0.2, -0.15) is 0 Å². The second-order valence-electron chi connectivity index (χ2n) is 15.1. The predicted molar refractivity (Wildman–Crippen MR) is 195 cm³/mol. The van der Waals surface area contributed by atoms with Crippen LogP contribution < -0.4 is 10.6 Å². The van der Waals surface area contributed by atoms with Crippen LogP contribution in [0.4, 0.5) is 0 Å². The van der Waals surface area contributed by atoms with Gasteiger partial charge in [0.2, 0.25) is 11.8 Å². The zero-order valence-electron chi connectivity index (χ0n) is 32.5. The average Bonchev–Trinajstić information content (AvgIpc) is 3.15. The molecule has 2 aliphatic heterocycles. The SMILES string of the molecule is C#CCOCCNC(=O)C(C[C@@H](CC)COC1OC(C)C(O)C(O)C1O)C[C@H](C)O[C@@H]1O[C@@H](CO)C(O)C(O[C@@H](CC2CCCCC2)C(=O)O)C1NC(C)=O. The molecule has 2 saturated heterocycles. The summed E-state index contributed by atoms with van der Waals surface area (Å²) in [6, 6.07) is -1.18. The molecule has 0 aromatic rings. The van der Waals surface area contributed by atoms with Gasteiger partial charge in [-0.05, 0) is 44.9 Å². The first-order valence-electron chi connectivity index (χ1n) is 19.6. The molecule has 316 valence electrons. The Bertz CT molecular complexity index is 1210. The summed E-state index contributed by atoms with van der Waals surface area (Å²) in [6.07, 6.45) is -2.41. The van der Waals surface area contributed by atoms with Crippen LogP contribution in [0.5, 0.6) is 0 Å². The smallest absolute Gasteiger partial charge is 0.332 e. The Balaban J connectivity index is 1.78. The number of aliphatic hydroxyl groups is 5. The molecule has 0 spiro atoms. The molecule has 17 nitrogen and oxygen atoms in total. The van der Waals surface area contributed by atoms with Crippen molar-refractivity contribution in [1.82, 2.24) is 10.6 Å². The number of carboxylic acid groups (broad SMARTS) is 1. The van der Waals surface area contributed by atoms with Gasteiger partial charge >= 0.3 is 5.97 Å². The summed E-state index contributed by atoms with van der Waals surface area (Å²) in [5.41, 5.74) is 0. The molecule has 1 saturated carbocycles. The molecule has 1 aliphatic carbocycles. The average molecular weight is 789 g/mol. The number of carbonyl (C=O) groups is 3. The van der Waals surface area contributed by atoms with Crippen LogP contribution in [0.25, 0.3) is 0 Å². The maximum Gasteiger partial charge on any atom is 0.332 e. The van der Waals surface area contributed by atoms with Gasteiger partial charge in [0.1, 0.15) is 49.3 Å². The van der Waals surface area contributed by atoms with Gasteiger partial charge in [-0.3, -0.25) is 9.59 Å². The molecule has 0 aromatic heterocycles. The van der Waals surface area contributed by atoms with Crippen molar-refractivity contribution >= 4 is 17.8 Å². The van der Waals surface area contributed by atoms with Gasteiger partial charge in [-0.25, -0.2) is 4.79 Å². The number of nitrogens with one attached hydrogen (secondary N) is 2. The summed E-state index contributed by atoms with van der Waals surface area (Å²) < 4.78 is 35.1. The first kappa shape index (κ1) is 46.9. The molecular formula is C38H64N2O15. The number of amides is 2. The van der Waals surface area contributed by atoms with Gasteiger partial charge in [-0.15, -0.1) is 6.42 Å².